The lowest BCUT2D eigenvalue weighted by atomic mass is 9.97. The smallest absolute Gasteiger partial charge is 0.228 e. The van der Waals surface area contributed by atoms with Gasteiger partial charge >= 0.3 is 0 Å². The molecule has 0 atom stereocenters. The van der Waals surface area contributed by atoms with Crippen molar-refractivity contribution in [1.82, 2.24) is 10.2 Å². The molecule has 2 N–H and O–H groups in total. The minimum Gasteiger partial charge on any atom is -0.311 e. The van der Waals surface area contributed by atoms with Gasteiger partial charge in [-0.15, -0.1) is 0 Å². The Morgan fingerprint density at radius 3 is 2.60 bits per heavy atom. The molecule has 0 aliphatic carbocycles. The summed E-state index contributed by atoms with van der Waals surface area (Å²) >= 11 is 0. The van der Waals surface area contributed by atoms with E-state index in [1.54, 1.807) is 12.3 Å². The fraction of sp³-hybridized carbons (Fsp3) is 0.636. The Morgan fingerprint density at radius 1 is 1.47 bits per heavy atom. The molecule has 1 amide bonds. The van der Waals surface area contributed by atoms with E-state index in [1.165, 1.54) is 0 Å². The van der Waals surface area contributed by atoms with Gasteiger partial charge < -0.3 is 5.32 Å². The second-order valence-electron chi connectivity index (χ2n) is 3.73. The van der Waals surface area contributed by atoms with Crippen LogP contribution in [-0.4, -0.2) is 16.1 Å². The molecule has 4 heteroatoms. The zero-order valence-corrected chi connectivity index (χ0v) is 9.42. The summed E-state index contributed by atoms with van der Waals surface area (Å²) in [5.41, 5.74) is 0. The zero-order valence-electron chi connectivity index (χ0n) is 9.42. The molecule has 1 aromatic heterocycles. The van der Waals surface area contributed by atoms with Gasteiger partial charge in [-0.1, -0.05) is 26.7 Å². The van der Waals surface area contributed by atoms with Crippen molar-refractivity contribution in [1.29, 1.82) is 0 Å². The topological polar surface area (TPSA) is 57.8 Å². The Morgan fingerprint density at radius 2 is 2.13 bits per heavy atom. The summed E-state index contributed by atoms with van der Waals surface area (Å²) in [6.07, 6.45) is 5.62. The number of carbonyl (C=O) groups excluding carboxylic acids is 1. The monoisotopic (exact) mass is 209 g/mol. The van der Waals surface area contributed by atoms with E-state index in [0.717, 1.165) is 25.7 Å². The number of hydrogen-bond acceptors (Lipinski definition) is 2. The SMILES string of the molecule is CCCC(CCC)C(=O)Nc1ccn[nH]1. The van der Waals surface area contributed by atoms with Gasteiger partial charge in [0.15, 0.2) is 0 Å². The van der Waals surface area contributed by atoms with Gasteiger partial charge in [0.25, 0.3) is 0 Å². The molecule has 0 aromatic carbocycles. The number of nitrogens with zero attached hydrogens (tertiary/aromatic N) is 1. The highest BCUT2D eigenvalue weighted by Gasteiger charge is 2.16. The lowest BCUT2D eigenvalue weighted by Gasteiger charge is -2.13. The number of amides is 1. The Kier molecular flexibility index (Phi) is 4.87. The molecule has 1 aromatic rings. The molecule has 1 heterocycles. The average molecular weight is 209 g/mol. The molecule has 0 radical (unpaired) electrons. The first kappa shape index (κ1) is 11.8. The minimum atomic E-state index is 0.1000. The highest BCUT2D eigenvalue weighted by Crippen LogP contribution is 2.15. The summed E-state index contributed by atoms with van der Waals surface area (Å²) in [6, 6.07) is 1.76. The maximum atomic E-state index is 11.8. The Balaban J connectivity index is 2.48. The first-order valence-corrected chi connectivity index (χ1v) is 5.58. The van der Waals surface area contributed by atoms with E-state index in [4.69, 9.17) is 0 Å². The van der Waals surface area contributed by atoms with Gasteiger partial charge in [0.05, 0.1) is 6.20 Å². The van der Waals surface area contributed by atoms with E-state index < -0.39 is 0 Å². The maximum Gasteiger partial charge on any atom is 0.228 e. The molecule has 0 aliphatic heterocycles. The van der Waals surface area contributed by atoms with Crippen LogP contribution < -0.4 is 5.32 Å². The first-order chi connectivity index (χ1) is 7.27. The van der Waals surface area contributed by atoms with E-state index in [1.807, 2.05) is 0 Å². The Bertz CT molecular complexity index is 276. The van der Waals surface area contributed by atoms with Crippen LogP contribution in [-0.2, 0) is 4.79 Å². The Hall–Kier alpha value is -1.32. The normalized spacial score (nSPS) is 10.6. The van der Waals surface area contributed by atoms with Crippen LogP contribution in [0.1, 0.15) is 39.5 Å². The molecule has 0 spiro atoms. The van der Waals surface area contributed by atoms with Crippen LogP contribution in [0.25, 0.3) is 0 Å². The molecule has 0 saturated carbocycles. The van der Waals surface area contributed by atoms with Crippen LogP contribution in [0.5, 0.6) is 0 Å². The summed E-state index contributed by atoms with van der Waals surface area (Å²) < 4.78 is 0. The molecule has 1 rings (SSSR count). The zero-order chi connectivity index (χ0) is 11.1. The van der Waals surface area contributed by atoms with Crippen LogP contribution >= 0.6 is 0 Å². The first-order valence-electron chi connectivity index (χ1n) is 5.58. The number of aromatic nitrogens is 2. The van der Waals surface area contributed by atoms with Crippen molar-refractivity contribution in [2.45, 2.75) is 39.5 Å². The van der Waals surface area contributed by atoms with Crippen molar-refractivity contribution in [3.63, 3.8) is 0 Å². The molecular formula is C11H19N3O. The van der Waals surface area contributed by atoms with Gasteiger partial charge in [-0.25, -0.2) is 0 Å². The average Bonchev–Trinajstić information content (AvgIpc) is 2.70. The highest BCUT2D eigenvalue weighted by atomic mass is 16.1. The van der Waals surface area contributed by atoms with Crippen molar-refractivity contribution < 1.29 is 4.79 Å². The number of hydrogen-bond donors (Lipinski definition) is 2. The third-order valence-corrected chi connectivity index (χ3v) is 2.40. The van der Waals surface area contributed by atoms with Gasteiger partial charge in [-0.05, 0) is 12.8 Å². The minimum absolute atomic E-state index is 0.1000. The van der Waals surface area contributed by atoms with E-state index >= 15 is 0 Å². The Labute approximate surface area is 90.5 Å². The molecular weight excluding hydrogens is 190 g/mol. The number of rotatable bonds is 6. The molecule has 0 aliphatic rings. The second kappa shape index (κ2) is 6.22. The van der Waals surface area contributed by atoms with Gasteiger partial charge in [-0.3, -0.25) is 9.89 Å². The summed E-state index contributed by atoms with van der Waals surface area (Å²) in [4.78, 5) is 11.8. The number of nitrogens with one attached hydrogen (secondary N) is 2. The standard InChI is InChI=1S/C11H19N3O/c1-3-5-9(6-4-2)11(15)13-10-7-8-12-14-10/h7-9H,3-6H2,1-2H3,(H2,12,13,14,15). The maximum absolute atomic E-state index is 11.8. The van der Waals surface area contributed by atoms with Crippen molar-refractivity contribution in [3.8, 4) is 0 Å². The van der Waals surface area contributed by atoms with Gasteiger partial charge in [0.1, 0.15) is 5.82 Å². The summed E-state index contributed by atoms with van der Waals surface area (Å²) in [5.74, 6) is 0.906. The molecule has 15 heavy (non-hydrogen) atoms. The molecule has 0 saturated heterocycles. The third kappa shape index (κ3) is 3.73. The summed E-state index contributed by atoms with van der Waals surface area (Å²) in [6.45, 7) is 4.21. The third-order valence-electron chi connectivity index (χ3n) is 2.40. The van der Waals surface area contributed by atoms with Gasteiger partial charge in [0.2, 0.25) is 5.91 Å². The van der Waals surface area contributed by atoms with E-state index in [9.17, 15) is 4.79 Å². The van der Waals surface area contributed by atoms with Crippen LogP contribution in [0.15, 0.2) is 12.3 Å². The van der Waals surface area contributed by atoms with Crippen molar-refractivity contribution >= 4 is 11.7 Å². The van der Waals surface area contributed by atoms with Gasteiger partial charge in [0, 0.05) is 12.0 Å². The lowest BCUT2D eigenvalue weighted by Crippen LogP contribution is -2.22. The van der Waals surface area contributed by atoms with Crippen LogP contribution in [0.3, 0.4) is 0 Å². The quantitative estimate of drug-likeness (QED) is 0.756. The highest BCUT2D eigenvalue weighted by molar-refractivity contribution is 5.91. The van der Waals surface area contributed by atoms with E-state index in [0.29, 0.717) is 5.82 Å². The van der Waals surface area contributed by atoms with E-state index in [2.05, 4.69) is 29.4 Å². The predicted octanol–water partition coefficient (Wildman–Crippen LogP) is 2.56. The number of aromatic amines is 1. The molecule has 0 unspecified atom stereocenters. The molecule has 0 bridgehead atoms. The molecule has 84 valence electrons. The summed E-state index contributed by atoms with van der Waals surface area (Å²) in [7, 11) is 0. The van der Waals surface area contributed by atoms with Crippen molar-refractivity contribution in [2.75, 3.05) is 5.32 Å². The molecule has 4 nitrogen and oxygen atoms in total. The van der Waals surface area contributed by atoms with Crippen LogP contribution in [0, 0.1) is 5.92 Å². The number of anilines is 1. The van der Waals surface area contributed by atoms with Gasteiger partial charge in [-0.2, -0.15) is 5.10 Å². The van der Waals surface area contributed by atoms with Crippen molar-refractivity contribution in [3.05, 3.63) is 12.3 Å². The molecule has 0 fully saturated rings. The van der Waals surface area contributed by atoms with E-state index in [-0.39, 0.29) is 11.8 Å². The van der Waals surface area contributed by atoms with Crippen LogP contribution in [0.2, 0.25) is 0 Å². The predicted molar refractivity (Wildman–Crippen MR) is 60.5 cm³/mol. The summed E-state index contributed by atoms with van der Waals surface area (Å²) in [5, 5.41) is 9.35. The number of H-pyrrole nitrogens is 1. The van der Waals surface area contributed by atoms with Crippen molar-refractivity contribution in [2.24, 2.45) is 5.92 Å². The fourth-order valence-corrected chi connectivity index (χ4v) is 1.66. The number of carbonyl (C=O) groups is 1. The largest absolute Gasteiger partial charge is 0.311 e. The lowest BCUT2D eigenvalue weighted by molar-refractivity contribution is -0.120. The second-order valence-corrected chi connectivity index (χ2v) is 3.73. The van der Waals surface area contributed by atoms with Crippen LogP contribution in [0.4, 0.5) is 5.82 Å². The fourth-order valence-electron chi connectivity index (χ4n) is 1.66.